The van der Waals surface area contributed by atoms with Crippen LogP contribution in [-0.2, 0) is 17.6 Å². The van der Waals surface area contributed by atoms with Gasteiger partial charge in [0.25, 0.3) is 0 Å². The molecule has 2 rings (SSSR count). The molecule has 0 N–H and O–H groups in total. The minimum absolute atomic E-state index is 0.115. The van der Waals surface area contributed by atoms with Crippen molar-refractivity contribution in [2.75, 3.05) is 6.61 Å². The lowest BCUT2D eigenvalue weighted by Gasteiger charge is -2.29. The second-order valence-electron chi connectivity index (χ2n) is 6.40. The van der Waals surface area contributed by atoms with E-state index in [-0.39, 0.29) is 17.3 Å². The number of ether oxygens (including phenoxy) is 1. The monoisotopic (exact) mass is 260 g/mol. The van der Waals surface area contributed by atoms with Crippen LogP contribution >= 0.6 is 0 Å². The van der Waals surface area contributed by atoms with Gasteiger partial charge in [-0.2, -0.15) is 0 Å². The number of carbonyl (C=O) groups excluding carboxylic acids is 1. The van der Waals surface area contributed by atoms with Gasteiger partial charge < -0.3 is 4.74 Å². The van der Waals surface area contributed by atoms with Gasteiger partial charge in [-0.05, 0) is 48.8 Å². The average molecular weight is 260 g/mol. The Labute approximate surface area is 116 Å². The summed E-state index contributed by atoms with van der Waals surface area (Å²) in [5.74, 6) is 0.115. The number of Topliss-reactive ketones (excluding diaryl/α,β-unsaturated/α-hetero) is 1. The molecule has 0 saturated heterocycles. The van der Waals surface area contributed by atoms with Crippen molar-refractivity contribution in [1.29, 1.82) is 0 Å². The van der Waals surface area contributed by atoms with Gasteiger partial charge in [0.1, 0.15) is 6.10 Å². The molecule has 2 heteroatoms. The predicted molar refractivity (Wildman–Crippen MR) is 77.7 cm³/mol. The summed E-state index contributed by atoms with van der Waals surface area (Å²) < 4.78 is 5.69. The maximum Gasteiger partial charge on any atom is 0.192 e. The molecule has 0 saturated carbocycles. The fraction of sp³-hybridized carbons (Fsp3) is 0.588. The smallest absolute Gasteiger partial charge is 0.192 e. The summed E-state index contributed by atoms with van der Waals surface area (Å²) in [6.07, 6.45) is 3.10. The number of rotatable bonds is 4. The van der Waals surface area contributed by atoms with E-state index in [1.165, 1.54) is 17.5 Å². The van der Waals surface area contributed by atoms with Crippen molar-refractivity contribution >= 4 is 5.78 Å². The molecule has 0 radical (unpaired) electrons. The van der Waals surface area contributed by atoms with Crippen LogP contribution in [0, 0.1) is 5.41 Å². The fourth-order valence-corrected chi connectivity index (χ4v) is 2.76. The van der Waals surface area contributed by atoms with E-state index in [1.54, 1.807) is 0 Å². The number of aryl methyl sites for hydroxylation is 2. The lowest BCUT2D eigenvalue weighted by molar-refractivity contribution is -0.000224. The zero-order valence-electron chi connectivity index (χ0n) is 12.5. The van der Waals surface area contributed by atoms with Gasteiger partial charge in [-0.1, -0.05) is 32.9 Å². The third-order valence-corrected chi connectivity index (χ3v) is 3.74. The molecule has 1 aliphatic rings. The first-order valence-electron chi connectivity index (χ1n) is 7.21. The van der Waals surface area contributed by atoms with Crippen LogP contribution in [0.15, 0.2) is 18.2 Å². The van der Waals surface area contributed by atoms with Gasteiger partial charge in [0, 0.05) is 12.2 Å². The Morgan fingerprint density at radius 1 is 1.26 bits per heavy atom. The summed E-state index contributed by atoms with van der Waals surface area (Å²) in [5.41, 5.74) is 3.37. The second-order valence-corrected chi connectivity index (χ2v) is 6.40. The van der Waals surface area contributed by atoms with Gasteiger partial charge in [-0.25, -0.2) is 0 Å². The largest absolute Gasteiger partial charge is 0.370 e. The topological polar surface area (TPSA) is 26.3 Å². The van der Waals surface area contributed by atoms with Crippen LogP contribution in [0.1, 0.15) is 55.6 Å². The van der Waals surface area contributed by atoms with Crippen LogP contribution in [0.3, 0.4) is 0 Å². The summed E-state index contributed by atoms with van der Waals surface area (Å²) in [5, 5.41) is 0. The van der Waals surface area contributed by atoms with Crippen LogP contribution in [0.25, 0.3) is 0 Å². The number of fused-ring (bicyclic) bond motifs is 1. The standard InChI is InChI=1S/C17H24O2/c1-5-19-16(17(2,3)4)15(18)14-10-9-12-7-6-8-13(12)11-14/h9-11,16H,5-8H2,1-4H3. The van der Waals surface area contributed by atoms with Crippen molar-refractivity contribution in [3.63, 3.8) is 0 Å². The van der Waals surface area contributed by atoms with Gasteiger partial charge in [-0.15, -0.1) is 0 Å². The number of ketones is 1. The van der Waals surface area contributed by atoms with Crippen LogP contribution in [0.4, 0.5) is 0 Å². The molecule has 1 unspecified atom stereocenters. The summed E-state index contributed by atoms with van der Waals surface area (Å²) in [6, 6.07) is 6.15. The Kier molecular flexibility index (Phi) is 4.10. The van der Waals surface area contributed by atoms with Gasteiger partial charge in [-0.3, -0.25) is 4.79 Å². The van der Waals surface area contributed by atoms with Crippen molar-refractivity contribution < 1.29 is 9.53 Å². The minimum atomic E-state index is -0.364. The molecule has 0 fully saturated rings. The molecular formula is C17H24O2. The van der Waals surface area contributed by atoms with Crippen LogP contribution in [0.2, 0.25) is 0 Å². The van der Waals surface area contributed by atoms with E-state index in [1.807, 2.05) is 13.0 Å². The number of hydrogen-bond acceptors (Lipinski definition) is 2. The highest BCUT2D eigenvalue weighted by Crippen LogP contribution is 2.28. The normalized spacial score (nSPS) is 16.2. The Hall–Kier alpha value is -1.15. The summed E-state index contributed by atoms with van der Waals surface area (Å²) >= 11 is 0. The molecule has 0 heterocycles. The average Bonchev–Trinajstić information content (AvgIpc) is 2.80. The second kappa shape index (κ2) is 5.46. The third kappa shape index (κ3) is 3.06. The van der Waals surface area contributed by atoms with Gasteiger partial charge in [0.15, 0.2) is 5.78 Å². The maximum atomic E-state index is 12.7. The number of hydrogen-bond donors (Lipinski definition) is 0. The highest BCUT2D eigenvalue weighted by atomic mass is 16.5. The van der Waals surface area contributed by atoms with E-state index >= 15 is 0 Å². The highest BCUT2D eigenvalue weighted by Gasteiger charge is 2.32. The number of carbonyl (C=O) groups is 1. The zero-order chi connectivity index (χ0) is 14.0. The summed E-state index contributed by atoms with van der Waals surface area (Å²) in [7, 11) is 0. The lowest BCUT2D eigenvalue weighted by atomic mass is 9.84. The lowest BCUT2D eigenvalue weighted by Crippen LogP contribution is -2.37. The number of benzene rings is 1. The molecule has 1 aromatic rings. The van der Waals surface area contributed by atoms with E-state index in [0.29, 0.717) is 6.61 Å². The van der Waals surface area contributed by atoms with E-state index < -0.39 is 0 Å². The van der Waals surface area contributed by atoms with Gasteiger partial charge in [0.2, 0.25) is 0 Å². The summed E-state index contributed by atoms with van der Waals surface area (Å²) in [6.45, 7) is 8.67. The van der Waals surface area contributed by atoms with E-state index in [0.717, 1.165) is 18.4 Å². The molecule has 1 atom stereocenters. The zero-order valence-corrected chi connectivity index (χ0v) is 12.5. The van der Waals surface area contributed by atoms with E-state index in [2.05, 4.69) is 32.9 Å². The Balaban J connectivity index is 2.27. The molecule has 104 valence electrons. The molecular weight excluding hydrogens is 236 g/mol. The van der Waals surface area contributed by atoms with Crippen LogP contribution < -0.4 is 0 Å². The highest BCUT2D eigenvalue weighted by molar-refractivity contribution is 6.00. The fourth-order valence-electron chi connectivity index (χ4n) is 2.76. The maximum absolute atomic E-state index is 12.7. The van der Waals surface area contributed by atoms with Crippen molar-refractivity contribution in [3.05, 3.63) is 34.9 Å². The van der Waals surface area contributed by atoms with Crippen molar-refractivity contribution in [1.82, 2.24) is 0 Å². The first-order chi connectivity index (χ1) is 8.93. The van der Waals surface area contributed by atoms with Gasteiger partial charge in [0.05, 0.1) is 0 Å². The van der Waals surface area contributed by atoms with Crippen molar-refractivity contribution in [3.8, 4) is 0 Å². The minimum Gasteiger partial charge on any atom is -0.370 e. The molecule has 0 amide bonds. The Morgan fingerprint density at radius 3 is 2.58 bits per heavy atom. The molecule has 0 aliphatic heterocycles. The third-order valence-electron chi connectivity index (χ3n) is 3.74. The van der Waals surface area contributed by atoms with Crippen molar-refractivity contribution in [2.24, 2.45) is 5.41 Å². The molecule has 0 aromatic heterocycles. The van der Waals surface area contributed by atoms with Gasteiger partial charge >= 0.3 is 0 Å². The van der Waals surface area contributed by atoms with E-state index in [4.69, 9.17) is 4.74 Å². The molecule has 2 nitrogen and oxygen atoms in total. The Bertz CT molecular complexity index is 469. The quantitative estimate of drug-likeness (QED) is 0.769. The predicted octanol–water partition coefficient (Wildman–Crippen LogP) is 3.81. The molecule has 0 spiro atoms. The first-order valence-corrected chi connectivity index (χ1v) is 7.21. The Morgan fingerprint density at radius 2 is 1.95 bits per heavy atom. The summed E-state index contributed by atoms with van der Waals surface area (Å²) in [4.78, 5) is 12.7. The molecule has 19 heavy (non-hydrogen) atoms. The molecule has 1 aromatic carbocycles. The van der Waals surface area contributed by atoms with Crippen molar-refractivity contribution in [2.45, 2.75) is 53.1 Å². The van der Waals surface area contributed by atoms with E-state index in [9.17, 15) is 4.79 Å². The molecule has 0 bridgehead atoms. The SMILES string of the molecule is CCOC(C(=O)c1ccc2c(c1)CCC2)C(C)(C)C. The van der Waals surface area contributed by atoms with Crippen LogP contribution in [-0.4, -0.2) is 18.5 Å². The van der Waals surface area contributed by atoms with Crippen LogP contribution in [0.5, 0.6) is 0 Å². The first kappa shape index (κ1) is 14.3. The molecule has 1 aliphatic carbocycles.